The number of nitrogens with zero attached hydrogens (tertiary/aromatic N) is 1. The molecule has 8 atom stereocenters. The van der Waals surface area contributed by atoms with Gasteiger partial charge in [-0.1, -0.05) is 72.6 Å². The molecule has 0 unspecified atom stereocenters. The van der Waals surface area contributed by atoms with Crippen LogP contribution in [0.5, 0.6) is 0 Å². The van der Waals surface area contributed by atoms with E-state index in [1.165, 1.54) is 20.8 Å². The zero-order chi connectivity index (χ0) is 64.0. The van der Waals surface area contributed by atoms with Crippen LogP contribution in [-0.2, 0) is 59.2 Å². The van der Waals surface area contributed by atoms with E-state index >= 15 is 0 Å². The number of primary amides is 1. The van der Waals surface area contributed by atoms with Gasteiger partial charge >= 0.3 is 0 Å². The maximum absolute atomic E-state index is 14.6. The molecule has 2 rings (SSSR count). The third kappa shape index (κ3) is 26.7. The van der Waals surface area contributed by atoms with Gasteiger partial charge in [-0.3, -0.25) is 57.7 Å². The number of carbonyl (C=O) groups is 11. The van der Waals surface area contributed by atoms with Crippen molar-refractivity contribution in [3.8, 4) is 0 Å². The van der Waals surface area contributed by atoms with E-state index in [1.54, 1.807) is 33.9 Å². The molecule has 0 saturated carbocycles. The Hall–Kier alpha value is -7.88. The molecule has 0 aliphatic rings. The van der Waals surface area contributed by atoms with Gasteiger partial charge in [0.25, 0.3) is 0 Å². The highest BCUT2D eigenvalue weighted by molar-refractivity contribution is 5.99. The third-order valence-corrected chi connectivity index (χ3v) is 14.1. The van der Waals surface area contributed by atoms with Gasteiger partial charge in [0.05, 0.1) is 13.1 Å². The molecular formula is C57H97N17O11. The minimum absolute atomic E-state index is 0.0798. The summed E-state index contributed by atoms with van der Waals surface area (Å²) < 4.78 is 0. The number of rotatable bonds is 40. The van der Waals surface area contributed by atoms with E-state index in [0.29, 0.717) is 44.2 Å². The van der Waals surface area contributed by atoms with Gasteiger partial charge < -0.3 is 86.8 Å². The maximum atomic E-state index is 14.6. The highest BCUT2D eigenvalue weighted by Gasteiger charge is 2.38. The summed E-state index contributed by atoms with van der Waals surface area (Å²) in [5.74, 6) is -9.03. The molecule has 85 heavy (non-hydrogen) atoms. The van der Waals surface area contributed by atoms with Crippen LogP contribution in [0.2, 0.25) is 0 Å². The molecule has 0 spiro atoms. The molecule has 0 bridgehead atoms. The summed E-state index contributed by atoms with van der Waals surface area (Å²) >= 11 is 0. The van der Waals surface area contributed by atoms with Gasteiger partial charge in [-0.25, -0.2) is 0 Å². The van der Waals surface area contributed by atoms with E-state index in [4.69, 9.17) is 28.7 Å². The number of benzene rings is 1. The lowest BCUT2D eigenvalue weighted by molar-refractivity contribution is -0.137. The number of para-hydroxylation sites is 1. The van der Waals surface area contributed by atoms with Crippen molar-refractivity contribution < 1.29 is 52.7 Å². The van der Waals surface area contributed by atoms with Crippen LogP contribution in [-0.4, -0.2) is 156 Å². The van der Waals surface area contributed by atoms with Crippen LogP contribution >= 0.6 is 0 Å². The van der Waals surface area contributed by atoms with E-state index in [-0.39, 0.29) is 69.5 Å². The van der Waals surface area contributed by atoms with E-state index in [9.17, 15) is 52.7 Å². The van der Waals surface area contributed by atoms with Crippen LogP contribution in [0, 0.1) is 17.8 Å². The van der Waals surface area contributed by atoms with Gasteiger partial charge in [0, 0.05) is 36.5 Å². The largest absolute Gasteiger partial charge is 0.370 e. The van der Waals surface area contributed by atoms with Crippen molar-refractivity contribution in [3.63, 3.8) is 0 Å². The van der Waals surface area contributed by atoms with Gasteiger partial charge in [0.15, 0.2) is 5.96 Å². The number of carbonyl (C=O) groups excluding carboxylic acids is 11. The van der Waals surface area contributed by atoms with Crippen LogP contribution in [0.4, 0.5) is 0 Å². The van der Waals surface area contributed by atoms with Gasteiger partial charge in [-0.05, 0) is 115 Å². The first-order valence-electron chi connectivity index (χ1n) is 29.3. The predicted molar refractivity (Wildman–Crippen MR) is 323 cm³/mol. The number of guanidine groups is 1. The average Bonchev–Trinajstić information content (AvgIpc) is 3.68. The van der Waals surface area contributed by atoms with E-state index in [2.05, 4.69) is 63.1 Å². The summed E-state index contributed by atoms with van der Waals surface area (Å²) in [6.07, 6.45) is 5.91. The molecule has 28 heteroatoms. The minimum Gasteiger partial charge on any atom is -0.370 e. The molecule has 0 saturated heterocycles. The first kappa shape index (κ1) is 73.2. The molecule has 28 nitrogen and oxygen atoms in total. The first-order chi connectivity index (χ1) is 40.0. The summed E-state index contributed by atoms with van der Waals surface area (Å²) in [5, 5.41) is 27.2. The van der Waals surface area contributed by atoms with E-state index < -0.39 is 125 Å². The van der Waals surface area contributed by atoms with Crippen LogP contribution < -0.4 is 81.8 Å². The second-order valence-electron chi connectivity index (χ2n) is 22.7. The quantitative estimate of drug-likeness (QED) is 0.0199. The monoisotopic (exact) mass is 1200 g/mol. The molecule has 1 heterocycles. The molecule has 0 aliphatic heterocycles. The standard InChI is InChI=1S/C57H97N17O11/c1-10-34(6)47(72-45(77)31-66-44(76)30-65-43(75)23-12-11-16-24-58)54(84)67-35(7)49(79)69-42(28-36-29-64-38-20-14-13-19-37(36)38)50(80)70-41(27-32(2)3)51(81)73-46(33(4)5)53(83)68-40(21-15-17-25-59)52(82)74-57(8,9)55(85)71-39(48(60)78)22-18-26-63-56(61)62/h13-14,19-20,29,32-35,39-42,46-47,64H,10-12,15-18,21-28,30-31,58-59H2,1-9H3,(H2,60,78)(H,65,75)(H,66,76)(H,67,84)(H,68,83)(H,69,79)(H,70,80)(H,71,85)(H,72,77)(H,73,81)(H,74,82)(H4,61,62,63)/t34-,35-,39-,40-,41-,42-,46-,47-/m0/s1. The lowest BCUT2D eigenvalue weighted by Crippen LogP contribution is -2.63. The fourth-order valence-corrected chi connectivity index (χ4v) is 8.80. The van der Waals surface area contributed by atoms with Crippen molar-refractivity contribution in [2.45, 2.75) is 187 Å². The van der Waals surface area contributed by atoms with Crippen molar-refractivity contribution in [1.29, 1.82) is 0 Å². The number of aromatic nitrogens is 1. The first-order valence-corrected chi connectivity index (χ1v) is 29.3. The molecule has 0 radical (unpaired) electrons. The van der Waals surface area contributed by atoms with Gasteiger partial charge in [-0.15, -0.1) is 0 Å². The molecule has 11 amide bonds. The SMILES string of the molecule is CC[C@H](C)[C@H](NC(=O)CNC(=O)CNC(=O)CCCCCN)C(=O)N[C@@H](C)C(=O)N[C@@H](Cc1c[nH]c2ccccc12)C(=O)N[C@@H](CC(C)C)C(=O)N[C@H](C(=O)N[C@@H](CCCCN)C(=O)NC(C)(C)C(=O)N[C@@H](CCCN=C(N)N)C(N)=O)C(C)C. The Morgan fingerprint density at radius 2 is 1.18 bits per heavy atom. The summed E-state index contributed by atoms with van der Waals surface area (Å²) in [6, 6.07) is -1.33. The molecule has 2 aromatic rings. The number of aliphatic imine (C=N–C) groups is 1. The fourth-order valence-electron chi connectivity index (χ4n) is 8.80. The Morgan fingerprint density at radius 3 is 1.80 bits per heavy atom. The lowest BCUT2D eigenvalue weighted by Gasteiger charge is -2.31. The fraction of sp³-hybridized carbons (Fsp3) is 0.649. The highest BCUT2D eigenvalue weighted by atomic mass is 16.2. The van der Waals surface area contributed by atoms with Gasteiger partial charge in [0.2, 0.25) is 65.0 Å². The van der Waals surface area contributed by atoms with Crippen LogP contribution in [0.3, 0.4) is 0 Å². The number of nitrogens with two attached hydrogens (primary N) is 5. The number of hydrogen-bond acceptors (Lipinski definition) is 14. The molecular weight excluding hydrogens is 1100 g/mol. The Morgan fingerprint density at radius 1 is 0.588 bits per heavy atom. The van der Waals surface area contributed by atoms with Crippen molar-refractivity contribution in [1.82, 2.24) is 58.2 Å². The number of aromatic amines is 1. The van der Waals surface area contributed by atoms with Crippen molar-refractivity contribution in [2.24, 2.45) is 51.4 Å². The van der Waals surface area contributed by atoms with Crippen LogP contribution in [0.1, 0.15) is 139 Å². The van der Waals surface area contributed by atoms with Crippen LogP contribution in [0.25, 0.3) is 10.9 Å². The predicted octanol–water partition coefficient (Wildman–Crippen LogP) is -1.81. The zero-order valence-electron chi connectivity index (χ0n) is 51.0. The average molecular weight is 1200 g/mol. The van der Waals surface area contributed by atoms with Crippen LogP contribution in [0.15, 0.2) is 35.5 Å². The number of unbranched alkanes of at least 4 members (excludes halogenated alkanes) is 3. The molecule has 476 valence electrons. The summed E-state index contributed by atoms with van der Waals surface area (Å²) in [4.78, 5) is 156. The van der Waals surface area contributed by atoms with Gasteiger partial charge in [0.1, 0.15) is 47.8 Å². The Balaban J connectivity index is 2.34. The van der Waals surface area contributed by atoms with E-state index in [0.717, 1.165) is 23.7 Å². The number of hydrogen-bond donors (Lipinski definition) is 16. The molecule has 21 N–H and O–H groups in total. The van der Waals surface area contributed by atoms with Crippen molar-refractivity contribution in [3.05, 3.63) is 36.0 Å². The summed E-state index contributed by atoms with van der Waals surface area (Å²) in [5.41, 5.74) is 27.3. The second-order valence-corrected chi connectivity index (χ2v) is 22.7. The summed E-state index contributed by atoms with van der Waals surface area (Å²) in [6.45, 7) is 14.9. The molecule has 1 aromatic heterocycles. The van der Waals surface area contributed by atoms with Crippen molar-refractivity contribution >= 4 is 81.8 Å². The smallest absolute Gasteiger partial charge is 0.245 e. The minimum atomic E-state index is -1.63. The molecule has 1 aromatic carbocycles. The maximum Gasteiger partial charge on any atom is 0.245 e. The Kier molecular flexibility index (Phi) is 32.2. The number of H-pyrrole nitrogens is 1. The number of amides is 11. The van der Waals surface area contributed by atoms with E-state index in [1.807, 2.05) is 38.1 Å². The molecule has 0 aliphatic carbocycles. The number of fused-ring (bicyclic) bond motifs is 1. The number of nitrogens with one attached hydrogen (secondary N) is 11. The third-order valence-electron chi connectivity index (χ3n) is 14.1. The topological polar surface area (TPSA) is 466 Å². The highest BCUT2D eigenvalue weighted by Crippen LogP contribution is 2.20. The van der Waals surface area contributed by atoms with Crippen molar-refractivity contribution in [2.75, 3.05) is 32.7 Å². The molecule has 0 fully saturated rings. The Bertz CT molecular complexity index is 2580. The normalized spacial score (nSPS) is 14.2. The Labute approximate surface area is 498 Å². The zero-order valence-corrected chi connectivity index (χ0v) is 51.0. The second kappa shape index (κ2) is 37.4. The lowest BCUT2D eigenvalue weighted by atomic mass is 9.97. The van der Waals surface area contributed by atoms with Gasteiger partial charge in [-0.2, -0.15) is 0 Å². The summed E-state index contributed by atoms with van der Waals surface area (Å²) in [7, 11) is 0.